The number of carboxylic acids is 1. The molecule has 1 aliphatic rings. The SMILES string of the molecule is COc1cccc(C2C(C(=O)c3ccc(Cl)s3)C(c3ccc(F)cc3)N(C(=O)Nc3ccc(F)cc3)C2C(=O)O)c1. The number of amides is 2. The summed E-state index contributed by atoms with van der Waals surface area (Å²) >= 11 is 7.19. The Kier molecular flexibility index (Phi) is 8.05. The molecule has 2 heterocycles. The number of ketones is 1. The lowest BCUT2D eigenvalue weighted by Gasteiger charge is -2.30. The van der Waals surface area contributed by atoms with Crippen molar-refractivity contribution in [2.45, 2.75) is 18.0 Å². The second kappa shape index (κ2) is 11.7. The molecule has 1 fully saturated rings. The van der Waals surface area contributed by atoms with Crippen molar-refractivity contribution >= 4 is 46.4 Å². The average Bonchev–Trinajstić information content (AvgIpc) is 3.56. The first-order valence-corrected chi connectivity index (χ1v) is 13.6. The lowest BCUT2D eigenvalue weighted by Crippen LogP contribution is -2.45. The van der Waals surface area contributed by atoms with Crippen LogP contribution in [0.2, 0.25) is 4.34 Å². The normalized spacial score (nSPS) is 20.0. The van der Waals surface area contributed by atoms with E-state index in [0.29, 0.717) is 21.2 Å². The molecule has 41 heavy (non-hydrogen) atoms. The van der Waals surface area contributed by atoms with Gasteiger partial charge in [-0.1, -0.05) is 35.9 Å². The third-order valence-corrected chi connectivity index (χ3v) is 8.30. The summed E-state index contributed by atoms with van der Waals surface area (Å²) in [6.07, 6.45) is 0. The molecule has 4 unspecified atom stereocenters. The molecular weight excluding hydrogens is 574 g/mol. The number of nitrogens with one attached hydrogen (secondary N) is 1. The second-order valence-corrected chi connectivity index (χ2v) is 11.1. The molecule has 0 saturated carbocycles. The van der Waals surface area contributed by atoms with Gasteiger partial charge in [0.2, 0.25) is 0 Å². The number of rotatable bonds is 7. The Balaban J connectivity index is 1.72. The maximum absolute atomic E-state index is 14.2. The zero-order valence-corrected chi connectivity index (χ0v) is 23.0. The molecule has 2 N–H and O–H groups in total. The number of carboxylic acid groups (broad SMARTS) is 1. The maximum Gasteiger partial charge on any atom is 0.327 e. The smallest absolute Gasteiger partial charge is 0.327 e. The van der Waals surface area contributed by atoms with Crippen LogP contribution >= 0.6 is 22.9 Å². The molecule has 5 rings (SSSR count). The fourth-order valence-corrected chi connectivity index (χ4v) is 6.37. The summed E-state index contributed by atoms with van der Waals surface area (Å²) < 4.78 is 33.2. The number of urea groups is 1. The highest BCUT2D eigenvalue weighted by molar-refractivity contribution is 7.18. The van der Waals surface area contributed by atoms with Gasteiger partial charge in [0.1, 0.15) is 23.4 Å². The van der Waals surface area contributed by atoms with Crippen LogP contribution in [-0.2, 0) is 4.79 Å². The lowest BCUT2D eigenvalue weighted by molar-refractivity contribution is -0.142. The number of hydrogen-bond acceptors (Lipinski definition) is 5. The van der Waals surface area contributed by atoms with Gasteiger partial charge in [-0.05, 0) is 71.8 Å². The Bertz CT molecular complexity index is 1600. The van der Waals surface area contributed by atoms with Crippen molar-refractivity contribution in [2.75, 3.05) is 12.4 Å². The summed E-state index contributed by atoms with van der Waals surface area (Å²) in [5.41, 5.74) is 1.04. The fraction of sp³-hybridized carbons (Fsp3) is 0.167. The first kappa shape index (κ1) is 28.3. The van der Waals surface area contributed by atoms with Crippen LogP contribution in [0.25, 0.3) is 0 Å². The van der Waals surface area contributed by atoms with Gasteiger partial charge in [-0.15, -0.1) is 11.3 Å². The molecule has 3 aromatic carbocycles. The predicted octanol–water partition coefficient (Wildman–Crippen LogP) is 7.01. The Morgan fingerprint density at radius 1 is 0.927 bits per heavy atom. The molecule has 0 aliphatic carbocycles. The maximum atomic E-state index is 14.2. The molecule has 1 saturated heterocycles. The van der Waals surface area contributed by atoms with E-state index in [4.69, 9.17) is 16.3 Å². The Morgan fingerprint density at radius 3 is 2.17 bits per heavy atom. The van der Waals surface area contributed by atoms with E-state index in [9.17, 15) is 28.3 Å². The Labute approximate surface area is 242 Å². The molecule has 0 radical (unpaired) electrons. The lowest BCUT2D eigenvalue weighted by atomic mass is 9.77. The van der Waals surface area contributed by atoms with Crippen LogP contribution < -0.4 is 10.1 Å². The third kappa shape index (κ3) is 5.66. The molecule has 4 atom stereocenters. The zero-order chi connectivity index (χ0) is 29.3. The molecule has 2 amide bonds. The van der Waals surface area contributed by atoms with Crippen LogP contribution in [0.5, 0.6) is 5.75 Å². The van der Waals surface area contributed by atoms with Gasteiger partial charge in [0.25, 0.3) is 0 Å². The van der Waals surface area contributed by atoms with Gasteiger partial charge in [-0.25, -0.2) is 18.4 Å². The molecule has 4 aromatic rings. The minimum atomic E-state index is -1.53. The van der Waals surface area contributed by atoms with Crippen LogP contribution in [-0.4, -0.2) is 40.9 Å². The highest BCUT2D eigenvalue weighted by Gasteiger charge is 2.58. The standard InChI is InChI=1S/C30H23ClF2N2O5S/c1-40-21-4-2-3-17(15-21)24-25(28(36)22-13-14-23(31)41-22)26(16-5-7-18(32)8-6-16)35(27(24)29(37)38)30(39)34-20-11-9-19(33)10-12-20/h2-15,24-27H,1H3,(H,34,39)(H,37,38). The molecule has 1 aliphatic heterocycles. The number of carbonyl (C=O) groups is 3. The molecule has 1 aromatic heterocycles. The zero-order valence-electron chi connectivity index (χ0n) is 21.5. The van der Waals surface area contributed by atoms with E-state index in [1.807, 2.05) is 0 Å². The summed E-state index contributed by atoms with van der Waals surface area (Å²) in [6, 6.07) is 16.5. The van der Waals surface area contributed by atoms with Crippen molar-refractivity contribution in [3.8, 4) is 5.75 Å². The third-order valence-electron chi connectivity index (χ3n) is 7.06. The van der Waals surface area contributed by atoms with Crippen LogP contribution in [0.1, 0.15) is 32.8 Å². The minimum Gasteiger partial charge on any atom is -0.497 e. The molecule has 210 valence electrons. The van der Waals surface area contributed by atoms with E-state index >= 15 is 0 Å². The van der Waals surface area contributed by atoms with E-state index in [-0.39, 0.29) is 10.6 Å². The first-order chi connectivity index (χ1) is 19.7. The van der Waals surface area contributed by atoms with Gasteiger partial charge >= 0.3 is 12.0 Å². The molecule has 0 spiro atoms. The number of hydrogen-bond donors (Lipinski definition) is 2. The van der Waals surface area contributed by atoms with Crippen molar-refractivity contribution in [3.05, 3.63) is 117 Å². The summed E-state index contributed by atoms with van der Waals surface area (Å²) in [5.74, 6) is -4.54. The Hall–Kier alpha value is -4.28. The predicted molar refractivity (Wildman–Crippen MR) is 151 cm³/mol. The number of halogens is 3. The highest BCUT2D eigenvalue weighted by Crippen LogP contribution is 2.52. The number of carbonyl (C=O) groups excluding carboxylic acids is 2. The number of likely N-dealkylation sites (tertiary alicyclic amines) is 1. The van der Waals surface area contributed by atoms with Crippen molar-refractivity contribution in [3.63, 3.8) is 0 Å². The number of anilines is 1. The van der Waals surface area contributed by atoms with Gasteiger partial charge in [0.15, 0.2) is 5.78 Å². The largest absolute Gasteiger partial charge is 0.497 e. The fourth-order valence-electron chi connectivity index (χ4n) is 5.34. The number of Topliss-reactive ketones (excluding diaryl/α,β-unsaturated/α-hetero) is 1. The molecule has 7 nitrogen and oxygen atoms in total. The number of benzene rings is 3. The summed E-state index contributed by atoms with van der Waals surface area (Å²) in [7, 11) is 1.46. The highest BCUT2D eigenvalue weighted by atomic mass is 35.5. The van der Waals surface area contributed by atoms with Crippen LogP contribution in [0, 0.1) is 17.6 Å². The van der Waals surface area contributed by atoms with Crippen molar-refractivity contribution < 1.29 is 33.0 Å². The molecule has 11 heteroatoms. The average molecular weight is 597 g/mol. The molecular formula is C30H23ClF2N2O5S. The number of methoxy groups -OCH3 is 1. The molecule has 0 bridgehead atoms. The van der Waals surface area contributed by atoms with Gasteiger partial charge in [-0.2, -0.15) is 0 Å². The number of aliphatic carboxylic acids is 1. The van der Waals surface area contributed by atoms with E-state index in [1.54, 1.807) is 36.4 Å². The quantitative estimate of drug-likeness (QED) is 0.224. The minimum absolute atomic E-state index is 0.219. The monoisotopic (exact) mass is 596 g/mol. The number of ether oxygens (including phenoxy) is 1. The first-order valence-electron chi connectivity index (χ1n) is 12.4. The topological polar surface area (TPSA) is 95.9 Å². The van der Waals surface area contributed by atoms with Gasteiger partial charge in [0, 0.05) is 11.6 Å². The van der Waals surface area contributed by atoms with Crippen LogP contribution in [0.15, 0.2) is 84.9 Å². The van der Waals surface area contributed by atoms with E-state index in [2.05, 4.69) is 5.32 Å². The summed E-state index contributed by atoms with van der Waals surface area (Å²) in [5, 5.41) is 13.2. The van der Waals surface area contributed by atoms with Crippen molar-refractivity contribution in [1.29, 1.82) is 0 Å². The van der Waals surface area contributed by atoms with Crippen LogP contribution in [0.3, 0.4) is 0 Å². The van der Waals surface area contributed by atoms with E-state index in [1.165, 1.54) is 43.5 Å². The second-order valence-electron chi connectivity index (χ2n) is 9.42. The van der Waals surface area contributed by atoms with Crippen molar-refractivity contribution in [2.24, 2.45) is 5.92 Å². The Morgan fingerprint density at radius 2 is 1.59 bits per heavy atom. The summed E-state index contributed by atoms with van der Waals surface area (Å²) in [4.78, 5) is 42.5. The van der Waals surface area contributed by atoms with Crippen LogP contribution in [0.4, 0.5) is 19.3 Å². The van der Waals surface area contributed by atoms with E-state index in [0.717, 1.165) is 28.4 Å². The van der Waals surface area contributed by atoms with Crippen molar-refractivity contribution in [1.82, 2.24) is 4.90 Å². The van der Waals surface area contributed by atoms with Gasteiger partial charge < -0.3 is 20.1 Å². The summed E-state index contributed by atoms with van der Waals surface area (Å²) in [6.45, 7) is 0. The van der Waals surface area contributed by atoms with Gasteiger partial charge in [0.05, 0.1) is 28.3 Å². The number of nitrogens with zero attached hydrogens (tertiary/aromatic N) is 1. The van der Waals surface area contributed by atoms with Gasteiger partial charge in [-0.3, -0.25) is 4.79 Å². The van der Waals surface area contributed by atoms with E-state index < -0.39 is 53.3 Å². The number of thiophene rings is 1.